The Kier molecular flexibility index (Phi) is 7.12. The molecule has 3 rings (SSSR count). The first-order chi connectivity index (χ1) is 13.7. The van der Waals surface area contributed by atoms with Crippen molar-refractivity contribution in [3.8, 4) is 17.1 Å². The van der Waals surface area contributed by atoms with Crippen LogP contribution in [-0.2, 0) is 6.42 Å². The van der Waals surface area contributed by atoms with Crippen molar-refractivity contribution in [1.82, 2.24) is 9.97 Å². The number of rotatable bonds is 10. The number of aryl methyl sites for hydroxylation is 1. The number of nitrogens with zero attached hydrogens (tertiary/aromatic N) is 2. The summed E-state index contributed by atoms with van der Waals surface area (Å²) in [5, 5.41) is 0.981. The van der Waals surface area contributed by atoms with Crippen LogP contribution < -0.4 is 4.74 Å². The lowest BCUT2D eigenvalue weighted by atomic mass is 10.00. The second-order valence-electron chi connectivity index (χ2n) is 7.10. The van der Waals surface area contributed by atoms with E-state index in [1.54, 1.807) is 19.2 Å². The number of aromatic nitrogens is 2. The molecule has 28 heavy (non-hydrogen) atoms. The van der Waals surface area contributed by atoms with Crippen molar-refractivity contribution in [2.75, 3.05) is 6.61 Å². The van der Waals surface area contributed by atoms with Crippen LogP contribution in [0.1, 0.15) is 38.2 Å². The molecule has 1 aromatic heterocycles. The lowest BCUT2D eigenvalue weighted by Crippen LogP contribution is -1.98. The number of hydrogen-bond acceptors (Lipinski definition) is 3. The Labute approximate surface area is 166 Å². The van der Waals surface area contributed by atoms with E-state index in [2.05, 4.69) is 52.9 Å². The molecule has 0 aliphatic carbocycles. The molecule has 0 bridgehead atoms. The van der Waals surface area contributed by atoms with E-state index < -0.39 is 6.17 Å². The molecule has 0 saturated carbocycles. The summed E-state index contributed by atoms with van der Waals surface area (Å²) in [6, 6.07) is 15.2. The molecule has 1 atom stereocenters. The van der Waals surface area contributed by atoms with Crippen molar-refractivity contribution >= 4 is 10.9 Å². The monoisotopic (exact) mass is 378 g/mol. The van der Waals surface area contributed by atoms with Crippen molar-refractivity contribution in [2.24, 2.45) is 0 Å². The van der Waals surface area contributed by atoms with Gasteiger partial charge in [-0.2, -0.15) is 4.98 Å². The maximum atomic E-state index is 12.8. The van der Waals surface area contributed by atoms with E-state index in [0.29, 0.717) is 19.0 Å². The average Bonchev–Trinajstić information content (AvgIpc) is 2.71. The van der Waals surface area contributed by atoms with Gasteiger partial charge >= 0.3 is 6.01 Å². The largest absolute Gasteiger partial charge is 0.459 e. The Morgan fingerprint density at radius 2 is 1.86 bits per heavy atom. The van der Waals surface area contributed by atoms with Gasteiger partial charge < -0.3 is 4.74 Å². The summed E-state index contributed by atoms with van der Waals surface area (Å²) < 4.78 is 18.2. The van der Waals surface area contributed by atoms with Crippen LogP contribution in [0.2, 0.25) is 0 Å². The minimum absolute atomic E-state index is 0.366. The molecular formula is C24H27FN2O. The smallest absolute Gasteiger partial charge is 0.317 e. The van der Waals surface area contributed by atoms with Gasteiger partial charge in [-0.05, 0) is 55.0 Å². The van der Waals surface area contributed by atoms with Crippen LogP contribution in [0, 0.1) is 0 Å². The van der Waals surface area contributed by atoms with Gasteiger partial charge in [0.2, 0.25) is 0 Å². The number of fused-ring (bicyclic) bond motifs is 1. The summed E-state index contributed by atoms with van der Waals surface area (Å²) in [6.45, 7) is 5.65. The van der Waals surface area contributed by atoms with Gasteiger partial charge in [-0.15, -0.1) is 0 Å². The summed E-state index contributed by atoms with van der Waals surface area (Å²) in [5.41, 5.74) is 4.49. The Hall–Kier alpha value is -2.75. The fourth-order valence-electron chi connectivity index (χ4n) is 3.19. The highest BCUT2D eigenvalue weighted by atomic mass is 19.1. The first kappa shape index (κ1) is 20.0. The van der Waals surface area contributed by atoms with Crippen LogP contribution in [0.15, 0.2) is 61.3 Å². The summed E-state index contributed by atoms with van der Waals surface area (Å²) >= 11 is 0. The number of alkyl halides is 1. The van der Waals surface area contributed by atoms with E-state index in [1.165, 1.54) is 11.1 Å². The highest BCUT2D eigenvalue weighted by Crippen LogP contribution is 2.25. The van der Waals surface area contributed by atoms with Crippen LogP contribution in [0.4, 0.5) is 4.39 Å². The second-order valence-corrected chi connectivity index (χ2v) is 7.10. The third-order valence-corrected chi connectivity index (χ3v) is 4.74. The molecule has 0 N–H and O–H groups in total. The van der Waals surface area contributed by atoms with Crippen molar-refractivity contribution in [3.63, 3.8) is 0 Å². The van der Waals surface area contributed by atoms with E-state index >= 15 is 0 Å². The minimum atomic E-state index is -0.683. The van der Waals surface area contributed by atoms with Crippen LogP contribution in [0.5, 0.6) is 6.01 Å². The van der Waals surface area contributed by atoms with E-state index in [4.69, 9.17) is 4.74 Å². The Morgan fingerprint density at radius 1 is 1.07 bits per heavy atom. The van der Waals surface area contributed by atoms with Gasteiger partial charge in [0.25, 0.3) is 0 Å². The molecule has 1 heterocycles. The standard InChI is InChI=1S/C24H27FN2O/c1-3-15-28-24-26-17-22-16-21(13-14-23(22)27-24)20-11-9-19(10-12-20)8-6-4-5-7-18(2)25/h3,9-14,16-18H,1,4-8,15H2,2H3. The van der Waals surface area contributed by atoms with Gasteiger partial charge in [0.15, 0.2) is 0 Å². The molecule has 0 aliphatic rings. The topological polar surface area (TPSA) is 35.0 Å². The highest BCUT2D eigenvalue weighted by molar-refractivity contribution is 5.84. The Balaban J connectivity index is 1.62. The molecule has 0 radical (unpaired) electrons. The zero-order valence-electron chi connectivity index (χ0n) is 16.4. The Bertz CT molecular complexity index is 906. The SMILES string of the molecule is C=CCOc1ncc2cc(-c3ccc(CCCCCC(C)F)cc3)ccc2n1. The zero-order valence-corrected chi connectivity index (χ0v) is 16.4. The number of ether oxygens (including phenoxy) is 1. The zero-order chi connectivity index (χ0) is 19.8. The Morgan fingerprint density at radius 3 is 2.61 bits per heavy atom. The van der Waals surface area contributed by atoms with Crippen LogP contribution in [-0.4, -0.2) is 22.7 Å². The van der Waals surface area contributed by atoms with Crippen LogP contribution in [0.3, 0.4) is 0 Å². The highest BCUT2D eigenvalue weighted by Gasteiger charge is 2.04. The molecule has 0 amide bonds. The molecule has 0 spiro atoms. The number of hydrogen-bond donors (Lipinski definition) is 0. The average molecular weight is 378 g/mol. The number of unbranched alkanes of at least 4 members (excludes halogenated alkanes) is 2. The van der Waals surface area contributed by atoms with E-state index in [-0.39, 0.29) is 0 Å². The first-order valence-electron chi connectivity index (χ1n) is 9.89. The molecule has 0 aliphatic heterocycles. The molecule has 0 saturated heterocycles. The van der Waals surface area contributed by atoms with Gasteiger partial charge in [-0.3, -0.25) is 0 Å². The van der Waals surface area contributed by atoms with Crippen LogP contribution >= 0.6 is 0 Å². The molecule has 3 aromatic rings. The van der Waals surface area contributed by atoms with E-state index in [0.717, 1.165) is 42.1 Å². The van der Waals surface area contributed by atoms with Crippen LogP contribution in [0.25, 0.3) is 22.0 Å². The molecule has 4 heteroatoms. The molecule has 2 aromatic carbocycles. The quantitative estimate of drug-likeness (QED) is 0.306. The van der Waals surface area contributed by atoms with Gasteiger partial charge in [0.1, 0.15) is 6.61 Å². The lowest BCUT2D eigenvalue weighted by molar-refractivity contribution is 0.330. The lowest BCUT2D eigenvalue weighted by Gasteiger charge is -2.07. The molecule has 0 fully saturated rings. The predicted octanol–water partition coefficient (Wildman–Crippen LogP) is 6.32. The maximum Gasteiger partial charge on any atom is 0.317 e. The fraction of sp³-hybridized carbons (Fsp3) is 0.333. The van der Waals surface area contributed by atoms with E-state index in [1.807, 2.05) is 6.07 Å². The third-order valence-electron chi connectivity index (χ3n) is 4.74. The maximum absolute atomic E-state index is 12.8. The summed E-state index contributed by atoms with van der Waals surface area (Å²) in [5.74, 6) is 0. The van der Waals surface area contributed by atoms with Gasteiger partial charge in [-0.1, -0.05) is 55.8 Å². The van der Waals surface area contributed by atoms with Gasteiger partial charge in [-0.25, -0.2) is 9.37 Å². The molecule has 146 valence electrons. The fourth-order valence-corrected chi connectivity index (χ4v) is 3.19. The van der Waals surface area contributed by atoms with Gasteiger partial charge in [0.05, 0.1) is 11.7 Å². The first-order valence-corrected chi connectivity index (χ1v) is 9.89. The summed E-state index contributed by atoms with van der Waals surface area (Å²) in [7, 11) is 0. The molecule has 3 nitrogen and oxygen atoms in total. The molecular weight excluding hydrogens is 351 g/mol. The van der Waals surface area contributed by atoms with Crippen molar-refractivity contribution in [1.29, 1.82) is 0 Å². The number of benzene rings is 2. The second kappa shape index (κ2) is 9.98. The van der Waals surface area contributed by atoms with Crippen molar-refractivity contribution in [2.45, 2.75) is 45.2 Å². The molecule has 1 unspecified atom stereocenters. The van der Waals surface area contributed by atoms with Crippen molar-refractivity contribution < 1.29 is 9.13 Å². The third kappa shape index (κ3) is 5.62. The summed E-state index contributed by atoms with van der Waals surface area (Å²) in [6.07, 6.45) is 7.65. The summed E-state index contributed by atoms with van der Waals surface area (Å²) in [4.78, 5) is 8.66. The van der Waals surface area contributed by atoms with Gasteiger partial charge in [0, 0.05) is 11.6 Å². The van der Waals surface area contributed by atoms with Crippen molar-refractivity contribution in [3.05, 3.63) is 66.9 Å². The predicted molar refractivity (Wildman–Crippen MR) is 113 cm³/mol. The normalized spacial score (nSPS) is 12.1. The minimum Gasteiger partial charge on any atom is -0.459 e. The number of halogens is 1. The van der Waals surface area contributed by atoms with E-state index in [9.17, 15) is 4.39 Å².